The molecule has 80 valence electrons. The van der Waals surface area contributed by atoms with Gasteiger partial charge in [-0.2, -0.15) is 0 Å². The Morgan fingerprint density at radius 2 is 2.13 bits per heavy atom. The third-order valence-corrected chi connectivity index (χ3v) is 2.59. The van der Waals surface area contributed by atoms with Crippen LogP contribution in [-0.2, 0) is 6.42 Å². The topological polar surface area (TPSA) is 38.1 Å². The SMILES string of the molecule is CCc1nc2cccc(O)c2n1C(C)C. The third-order valence-electron chi connectivity index (χ3n) is 2.59. The van der Waals surface area contributed by atoms with E-state index < -0.39 is 0 Å². The predicted molar refractivity (Wildman–Crippen MR) is 61.2 cm³/mol. The molecule has 0 aliphatic carbocycles. The Balaban J connectivity index is 2.82. The van der Waals surface area contributed by atoms with Gasteiger partial charge < -0.3 is 9.67 Å². The van der Waals surface area contributed by atoms with Crippen LogP contribution in [0.2, 0.25) is 0 Å². The molecule has 0 aliphatic rings. The third kappa shape index (κ3) is 1.48. The molecule has 1 aromatic heterocycles. The normalized spacial score (nSPS) is 11.5. The van der Waals surface area contributed by atoms with Gasteiger partial charge in [-0.25, -0.2) is 4.98 Å². The van der Waals surface area contributed by atoms with Crippen molar-refractivity contribution in [3.05, 3.63) is 24.0 Å². The van der Waals surface area contributed by atoms with E-state index in [0.29, 0.717) is 11.8 Å². The Morgan fingerprint density at radius 3 is 2.73 bits per heavy atom. The van der Waals surface area contributed by atoms with Gasteiger partial charge in [0.15, 0.2) is 0 Å². The molecule has 3 heteroatoms. The van der Waals surface area contributed by atoms with Crippen LogP contribution >= 0.6 is 0 Å². The van der Waals surface area contributed by atoms with Crippen molar-refractivity contribution in [3.63, 3.8) is 0 Å². The molecule has 1 N–H and O–H groups in total. The lowest BCUT2D eigenvalue weighted by atomic mass is 10.2. The number of fused-ring (bicyclic) bond motifs is 1. The molecule has 0 fully saturated rings. The summed E-state index contributed by atoms with van der Waals surface area (Å²) in [4.78, 5) is 4.52. The molecule has 2 aromatic rings. The average molecular weight is 204 g/mol. The predicted octanol–water partition coefficient (Wildman–Crippen LogP) is 2.89. The Hall–Kier alpha value is -1.51. The first-order chi connectivity index (χ1) is 7.15. The van der Waals surface area contributed by atoms with Crippen LogP contribution in [0.1, 0.15) is 32.6 Å². The number of benzene rings is 1. The highest BCUT2D eigenvalue weighted by atomic mass is 16.3. The minimum atomic E-state index is 0.313. The number of phenols is 1. The summed E-state index contributed by atoms with van der Waals surface area (Å²) in [6, 6.07) is 5.79. The van der Waals surface area contributed by atoms with Crippen LogP contribution in [0, 0.1) is 0 Å². The standard InChI is InChI=1S/C12H16N2O/c1-4-11-13-9-6-5-7-10(15)12(9)14(11)8(2)3/h5-8,15H,4H2,1-3H3. The van der Waals surface area contributed by atoms with Gasteiger partial charge in [0.1, 0.15) is 17.1 Å². The first-order valence-corrected chi connectivity index (χ1v) is 5.34. The highest BCUT2D eigenvalue weighted by Crippen LogP contribution is 2.28. The van der Waals surface area contributed by atoms with Gasteiger partial charge in [-0.3, -0.25) is 0 Å². The van der Waals surface area contributed by atoms with Crippen LogP contribution < -0.4 is 0 Å². The van der Waals surface area contributed by atoms with Gasteiger partial charge in [0.25, 0.3) is 0 Å². The van der Waals surface area contributed by atoms with E-state index in [4.69, 9.17) is 0 Å². The second-order valence-corrected chi connectivity index (χ2v) is 3.99. The summed E-state index contributed by atoms with van der Waals surface area (Å²) in [6.07, 6.45) is 0.881. The van der Waals surface area contributed by atoms with E-state index in [1.807, 2.05) is 12.1 Å². The van der Waals surface area contributed by atoms with Crippen molar-refractivity contribution in [3.8, 4) is 5.75 Å². The number of nitrogens with zero attached hydrogens (tertiary/aromatic N) is 2. The lowest BCUT2D eigenvalue weighted by Gasteiger charge is -2.12. The molecule has 1 aromatic carbocycles. The van der Waals surface area contributed by atoms with Crippen molar-refractivity contribution < 1.29 is 5.11 Å². The van der Waals surface area contributed by atoms with E-state index in [1.54, 1.807) is 6.07 Å². The van der Waals surface area contributed by atoms with E-state index >= 15 is 0 Å². The van der Waals surface area contributed by atoms with Crippen molar-refractivity contribution in [1.82, 2.24) is 9.55 Å². The van der Waals surface area contributed by atoms with Crippen LogP contribution in [0.3, 0.4) is 0 Å². The van der Waals surface area contributed by atoms with Gasteiger partial charge in [-0.05, 0) is 26.0 Å². The smallest absolute Gasteiger partial charge is 0.141 e. The summed E-state index contributed by atoms with van der Waals surface area (Å²) in [5.74, 6) is 1.34. The lowest BCUT2D eigenvalue weighted by Crippen LogP contribution is -2.05. The molecule has 0 spiro atoms. The molecule has 0 bridgehead atoms. The Morgan fingerprint density at radius 1 is 1.40 bits per heavy atom. The van der Waals surface area contributed by atoms with E-state index in [0.717, 1.165) is 23.3 Å². The number of aromatic nitrogens is 2. The molecular weight excluding hydrogens is 188 g/mol. The molecule has 0 amide bonds. The number of phenolic OH excluding ortho intramolecular Hbond substituents is 1. The number of imidazole rings is 1. The number of para-hydroxylation sites is 1. The fourth-order valence-corrected chi connectivity index (χ4v) is 1.98. The summed E-state index contributed by atoms with van der Waals surface area (Å²) in [5, 5.41) is 9.85. The maximum absolute atomic E-state index is 9.85. The average Bonchev–Trinajstić information content (AvgIpc) is 2.57. The van der Waals surface area contributed by atoms with E-state index in [2.05, 4.69) is 30.3 Å². The lowest BCUT2D eigenvalue weighted by molar-refractivity contribution is 0.473. The van der Waals surface area contributed by atoms with Crippen molar-refractivity contribution in [1.29, 1.82) is 0 Å². The molecule has 0 unspecified atom stereocenters. The molecule has 0 saturated heterocycles. The van der Waals surface area contributed by atoms with Crippen molar-refractivity contribution in [2.45, 2.75) is 33.2 Å². The maximum atomic E-state index is 9.85. The monoisotopic (exact) mass is 204 g/mol. The summed E-state index contributed by atoms with van der Waals surface area (Å²) in [6.45, 7) is 6.29. The fraction of sp³-hybridized carbons (Fsp3) is 0.417. The quantitative estimate of drug-likeness (QED) is 0.816. The summed E-state index contributed by atoms with van der Waals surface area (Å²) in [7, 11) is 0. The molecular formula is C12H16N2O. The first-order valence-electron chi connectivity index (χ1n) is 5.34. The van der Waals surface area contributed by atoms with E-state index in [-0.39, 0.29) is 0 Å². The van der Waals surface area contributed by atoms with Gasteiger partial charge in [0.2, 0.25) is 0 Å². The van der Waals surface area contributed by atoms with Crippen LogP contribution in [0.25, 0.3) is 11.0 Å². The molecule has 3 nitrogen and oxygen atoms in total. The first kappa shape index (κ1) is 10.0. The molecule has 0 radical (unpaired) electrons. The molecule has 15 heavy (non-hydrogen) atoms. The Bertz CT molecular complexity index is 486. The molecule has 1 heterocycles. The molecule has 0 atom stereocenters. The second kappa shape index (κ2) is 3.57. The zero-order chi connectivity index (χ0) is 11.0. The van der Waals surface area contributed by atoms with Crippen LogP contribution in [0.5, 0.6) is 5.75 Å². The van der Waals surface area contributed by atoms with E-state index in [1.165, 1.54) is 0 Å². The zero-order valence-electron chi connectivity index (χ0n) is 9.36. The van der Waals surface area contributed by atoms with E-state index in [9.17, 15) is 5.11 Å². The largest absolute Gasteiger partial charge is 0.506 e. The van der Waals surface area contributed by atoms with Gasteiger partial charge in [-0.1, -0.05) is 13.0 Å². The maximum Gasteiger partial charge on any atom is 0.141 e. The van der Waals surface area contributed by atoms with Crippen molar-refractivity contribution >= 4 is 11.0 Å². The van der Waals surface area contributed by atoms with Gasteiger partial charge in [0, 0.05) is 12.5 Å². The fourth-order valence-electron chi connectivity index (χ4n) is 1.98. The molecule has 2 rings (SSSR count). The van der Waals surface area contributed by atoms with Crippen molar-refractivity contribution in [2.75, 3.05) is 0 Å². The van der Waals surface area contributed by atoms with Crippen LogP contribution in [0.15, 0.2) is 18.2 Å². The number of aromatic hydroxyl groups is 1. The summed E-state index contributed by atoms with van der Waals surface area (Å²) in [5.41, 5.74) is 1.73. The summed E-state index contributed by atoms with van der Waals surface area (Å²) < 4.78 is 2.10. The number of aryl methyl sites for hydroxylation is 1. The van der Waals surface area contributed by atoms with Crippen LogP contribution in [-0.4, -0.2) is 14.7 Å². The number of rotatable bonds is 2. The van der Waals surface area contributed by atoms with Gasteiger partial charge in [0.05, 0.1) is 5.52 Å². The molecule has 0 saturated carbocycles. The van der Waals surface area contributed by atoms with Gasteiger partial charge in [-0.15, -0.1) is 0 Å². The minimum Gasteiger partial charge on any atom is -0.506 e. The molecule has 0 aliphatic heterocycles. The van der Waals surface area contributed by atoms with Crippen LogP contribution in [0.4, 0.5) is 0 Å². The van der Waals surface area contributed by atoms with Gasteiger partial charge >= 0.3 is 0 Å². The summed E-state index contributed by atoms with van der Waals surface area (Å²) >= 11 is 0. The second-order valence-electron chi connectivity index (χ2n) is 3.99. The highest BCUT2D eigenvalue weighted by molar-refractivity contribution is 5.82. The number of hydrogen-bond acceptors (Lipinski definition) is 2. The Labute approximate surface area is 89.4 Å². The zero-order valence-corrected chi connectivity index (χ0v) is 9.36. The highest BCUT2D eigenvalue weighted by Gasteiger charge is 2.14. The van der Waals surface area contributed by atoms with Crippen molar-refractivity contribution in [2.24, 2.45) is 0 Å². The Kier molecular flexibility index (Phi) is 2.39. The minimum absolute atomic E-state index is 0.313. The number of hydrogen-bond donors (Lipinski definition) is 1.